The van der Waals surface area contributed by atoms with E-state index in [-0.39, 0.29) is 17.4 Å². The fraction of sp³-hybridized carbons (Fsp3) is 0.222. The van der Waals surface area contributed by atoms with Gasteiger partial charge in [0.25, 0.3) is 0 Å². The summed E-state index contributed by atoms with van der Waals surface area (Å²) >= 11 is 0. The average Bonchev–Trinajstić information content (AvgIpc) is 2.16. The highest BCUT2D eigenvalue weighted by Gasteiger charge is 2.15. The Morgan fingerprint density at radius 1 is 1.29 bits per heavy atom. The molecule has 1 atom stereocenters. The van der Waals surface area contributed by atoms with Crippen LogP contribution in [0.1, 0.15) is 5.56 Å². The quantitative estimate of drug-likeness (QED) is 0.611. The van der Waals surface area contributed by atoms with Crippen LogP contribution in [0, 0.1) is 0 Å². The van der Waals surface area contributed by atoms with Gasteiger partial charge in [-0.2, -0.15) is 0 Å². The van der Waals surface area contributed by atoms with E-state index in [9.17, 15) is 4.79 Å². The number of phenols is 1. The Morgan fingerprint density at radius 2 is 1.86 bits per heavy atom. The van der Waals surface area contributed by atoms with Crippen LogP contribution in [-0.4, -0.2) is 33.1 Å². The zero-order valence-electron chi connectivity index (χ0n) is 7.29. The van der Waals surface area contributed by atoms with E-state index in [0.29, 0.717) is 5.56 Å². The van der Waals surface area contributed by atoms with Gasteiger partial charge in [-0.1, -0.05) is 17.4 Å². The lowest BCUT2D eigenvalue weighted by molar-refractivity contribution is -0.318. The zero-order valence-corrected chi connectivity index (χ0v) is 7.29. The molecule has 1 rings (SSSR count). The fourth-order valence-electron chi connectivity index (χ4n) is 1.03. The molecule has 1 radical (unpaired) electrons. The Balaban J connectivity index is 2.67. The number of aromatic hydroxyl groups is 1. The van der Waals surface area contributed by atoms with Gasteiger partial charge in [0.1, 0.15) is 11.8 Å². The van der Waals surface area contributed by atoms with Crippen molar-refractivity contribution in [3.63, 3.8) is 0 Å². The topological polar surface area (TPSA) is 81.0 Å². The minimum absolute atomic E-state index is 0.116. The van der Waals surface area contributed by atoms with Crippen molar-refractivity contribution in [3.8, 4) is 5.75 Å². The summed E-state index contributed by atoms with van der Waals surface area (Å²) in [5.74, 6) is 0.116. The van der Waals surface area contributed by atoms with E-state index in [1.165, 1.54) is 18.4 Å². The fourth-order valence-corrected chi connectivity index (χ4v) is 1.03. The highest BCUT2D eigenvalue weighted by atomic mass is 16.8. The van der Waals surface area contributed by atoms with Crippen LogP contribution in [0.25, 0.3) is 0 Å². The molecule has 1 aromatic carbocycles. The average molecular weight is 196 g/mol. The van der Waals surface area contributed by atoms with Crippen molar-refractivity contribution in [3.05, 3.63) is 29.8 Å². The highest BCUT2D eigenvalue weighted by molar-refractivity contribution is 5.58. The molecule has 0 unspecified atom stereocenters. The largest absolute Gasteiger partial charge is 0.508 e. The van der Waals surface area contributed by atoms with Crippen LogP contribution in [0.4, 0.5) is 0 Å². The summed E-state index contributed by atoms with van der Waals surface area (Å²) in [5, 5.41) is 26.0. The second-order valence-corrected chi connectivity index (χ2v) is 2.82. The summed E-state index contributed by atoms with van der Waals surface area (Å²) in [6.45, 7) is 0. The molecule has 0 spiro atoms. The van der Waals surface area contributed by atoms with Crippen molar-refractivity contribution in [2.24, 2.45) is 0 Å². The van der Waals surface area contributed by atoms with Crippen LogP contribution < -0.4 is 0 Å². The minimum Gasteiger partial charge on any atom is -0.508 e. The Bertz CT molecular complexity index is 296. The van der Waals surface area contributed by atoms with E-state index in [2.05, 4.69) is 0 Å². The van der Waals surface area contributed by atoms with Crippen molar-refractivity contribution >= 4 is 6.29 Å². The Labute approximate surface area is 80.7 Å². The van der Waals surface area contributed by atoms with Gasteiger partial charge in [-0.3, -0.25) is 15.2 Å². The Kier molecular flexibility index (Phi) is 3.58. The first-order chi connectivity index (χ1) is 6.63. The molecule has 0 aliphatic carbocycles. The molecular weight excluding hydrogens is 186 g/mol. The second kappa shape index (κ2) is 4.71. The van der Waals surface area contributed by atoms with Crippen molar-refractivity contribution in [1.29, 1.82) is 0 Å². The molecule has 1 aromatic rings. The number of benzene rings is 1. The van der Waals surface area contributed by atoms with Crippen LogP contribution in [0.15, 0.2) is 24.3 Å². The van der Waals surface area contributed by atoms with Crippen LogP contribution in [0.2, 0.25) is 0 Å². The number of hydrogen-bond donors (Lipinski definition) is 3. The number of hydroxylamine groups is 2. The predicted octanol–water partition coefficient (Wildman–Crippen LogP) is 0.493. The number of rotatable bonds is 4. The monoisotopic (exact) mass is 196 g/mol. The maximum Gasteiger partial charge on any atom is 0.222 e. The molecule has 0 saturated carbocycles. The molecule has 0 aromatic heterocycles. The Hall–Kier alpha value is -1.43. The molecule has 0 bridgehead atoms. The lowest BCUT2D eigenvalue weighted by Crippen LogP contribution is -2.32. The summed E-state index contributed by atoms with van der Waals surface area (Å²) in [7, 11) is 0. The van der Waals surface area contributed by atoms with Gasteiger partial charge in [0, 0.05) is 6.42 Å². The molecular formula is C9H10NO4. The van der Waals surface area contributed by atoms with Gasteiger partial charge in [0.15, 0.2) is 0 Å². The lowest BCUT2D eigenvalue weighted by Gasteiger charge is -2.13. The van der Waals surface area contributed by atoms with E-state index in [4.69, 9.17) is 15.5 Å². The van der Waals surface area contributed by atoms with Crippen LogP contribution in [0.3, 0.4) is 0 Å². The van der Waals surface area contributed by atoms with E-state index in [1.807, 2.05) is 0 Å². The van der Waals surface area contributed by atoms with E-state index >= 15 is 0 Å². The van der Waals surface area contributed by atoms with Gasteiger partial charge < -0.3 is 5.11 Å². The minimum atomic E-state index is -1.11. The maximum absolute atomic E-state index is 10.3. The summed E-state index contributed by atoms with van der Waals surface area (Å²) < 4.78 is 0. The molecule has 0 heterocycles. The van der Waals surface area contributed by atoms with Crippen LogP contribution >= 0.6 is 0 Å². The summed E-state index contributed by atoms with van der Waals surface area (Å²) in [5.41, 5.74) is 0.698. The number of nitrogens with zero attached hydrogens (tertiary/aromatic N) is 1. The second-order valence-electron chi connectivity index (χ2n) is 2.82. The lowest BCUT2D eigenvalue weighted by atomic mass is 10.1. The van der Waals surface area contributed by atoms with Gasteiger partial charge in [0.2, 0.25) is 6.29 Å². The number of phenolic OH excluding ortho intramolecular Hbond substituents is 1. The van der Waals surface area contributed by atoms with E-state index in [0.717, 1.165) is 0 Å². The molecule has 14 heavy (non-hydrogen) atoms. The van der Waals surface area contributed by atoms with Crippen molar-refractivity contribution < 1.29 is 20.3 Å². The first-order valence-electron chi connectivity index (χ1n) is 3.96. The summed E-state index contributed by atoms with van der Waals surface area (Å²) in [6.07, 6.45) is 1.60. The van der Waals surface area contributed by atoms with Crippen molar-refractivity contribution in [2.45, 2.75) is 12.5 Å². The summed E-state index contributed by atoms with van der Waals surface area (Å²) in [4.78, 5) is 10.3. The first-order valence-corrected chi connectivity index (χ1v) is 3.96. The van der Waals surface area contributed by atoms with Gasteiger partial charge in [0.05, 0.1) is 0 Å². The third-order valence-electron chi connectivity index (χ3n) is 1.78. The molecule has 0 aliphatic heterocycles. The molecule has 0 saturated heterocycles. The first kappa shape index (κ1) is 10.6. The van der Waals surface area contributed by atoms with Crippen molar-refractivity contribution in [1.82, 2.24) is 5.23 Å². The molecule has 3 N–H and O–H groups in total. The van der Waals surface area contributed by atoms with Gasteiger partial charge >= 0.3 is 0 Å². The summed E-state index contributed by atoms with van der Waals surface area (Å²) in [6, 6.07) is 4.97. The molecule has 75 valence electrons. The maximum atomic E-state index is 10.3. The predicted molar refractivity (Wildman–Crippen MR) is 46.7 cm³/mol. The third-order valence-corrected chi connectivity index (χ3v) is 1.78. The van der Waals surface area contributed by atoms with Crippen LogP contribution in [-0.2, 0) is 11.2 Å². The smallest absolute Gasteiger partial charge is 0.222 e. The normalized spacial score (nSPS) is 12.8. The van der Waals surface area contributed by atoms with E-state index in [1.54, 1.807) is 12.1 Å². The van der Waals surface area contributed by atoms with Gasteiger partial charge in [-0.25, -0.2) is 0 Å². The molecule has 5 heteroatoms. The SMILES string of the molecule is O=[C][C@H](Cc1ccc(O)cc1)N(O)O. The van der Waals surface area contributed by atoms with Crippen LogP contribution in [0.5, 0.6) is 5.75 Å². The molecule has 0 aliphatic rings. The third kappa shape index (κ3) is 2.81. The zero-order chi connectivity index (χ0) is 10.6. The molecule has 0 fully saturated rings. The number of hydrogen-bond acceptors (Lipinski definition) is 5. The standard InChI is InChI=1S/C9H10NO4/c11-6-8(10(13)14)5-7-1-3-9(12)4-2-7/h1-4,8,12-14H,5H2/t8-/m0/s1. The van der Waals surface area contributed by atoms with E-state index < -0.39 is 6.04 Å². The molecule has 0 amide bonds. The Morgan fingerprint density at radius 3 is 2.29 bits per heavy atom. The number of carbonyl (C=O) groups excluding carboxylic acids is 1. The van der Waals surface area contributed by atoms with Gasteiger partial charge in [-0.05, 0) is 17.7 Å². The van der Waals surface area contributed by atoms with Gasteiger partial charge in [-0.15, -0.1) is 0 Å². The highest BCUT2D eigenvalue weighted by Crippen LogP contribution is 2.11. The van der Waals surface area contributed by atoms with Crippen molar-refractivity contribution in [2.75, 3.05) is 0 Å². The molecule has 5 nitrogen and oxygen atoms in total.